The normalized spacial score (nSPS) is 10.8. The molecule has 0 fully saturated rings. The molecule has 2 aromatic heterocycles. The van der Waals surface area contributed by atoms with Gasteiger partial charge in [-0.25, -0.2) is 9.36 Å². The maximum atomic E-state index is 13.6. The van der Waals surface area contributed by atoms with Crippen molar-refractivity contribution in [1.29, 1.82) is 0 Å². The number of hydrogen-bond acceptors (Lipinski definition) is 3. The topological polar surface area (TPSA) is 47.7 Å². The van der Waals surface area contributed by atoms with E-state index in [0.717, 1.165) is 0 Å². The van der Waals surface area contributed by atoms with Gasteiger partial charge in [0.1, 0.15) is 0 Å². The van der Waals surface area contributed by atoms with Gasteiger partial charge in [-0.05, 0) is 13.0 Å². The molecule has 0 aliphatic carbocycles. The van der Waals surface area contributed by atoms with E-state index in [1.165, 1.54) is 23.1 Å². The van der Waals surface area contributed by atoms with Crippen molar-refractivity contribution in [3.8, 4) is 0 Å². The quantitative estimate of drug-likeness (QED) is 0.891. The number of hydrogen-bond donors (Lipinski definition) is 1. The van der Waals surface area contributed by atoms with Gasteiger partial charge in [-0.3, -0.25) is 0 Å². The largest absolute Gasteiger partial charge is 0.333 e. The third kappa shape index (κ3) is 3.73. The van der Waals surface area contributed by atoms with Crippen LogP contribution in [0.3, 0.4) is 0 Å². The zero-order valence-corrected chi connectivity index (χ0v) is 11.6. The lowest BCUT2D eigenvalue weighted by atomic mass is 10.3. The molecule has 0 aliphatic rings. The molecule has 0 atom stereocenters. The van der Waals surface area contributed by atoms with Crippen molar-refractivity contribution in [1.82, 2.24) is 24.9 Å². The molecule has 9 heteroatoms. The molecule has 0 unspecified atom stereocenters. The number of nitrogens with one attached hydrogen (secondary N) is 1. The number of alkyl halides is 2. The summed E-state index contributed by atoms with van der Waals surface area (Å²) in [5.41, 5.74) is 0.915. The van der Waals surface area contributed by atoms with E-state index in [0.29, 0.717) is 22.5 Å². The third-order valence-corrected chi connectivity index (χ3v) is 2.63. The van der Waals surface area contributed by atoms with Gasteiger partial charge in [0.05, 0.1) is 11.9 Å². The van der Waals surface area contributed by atoms with E-state index < -0.39 is 6.55 Å². The SMILES string of the molecule is CCn1ncc(CNCc2ccn(C(F)F)n2)c1F.Cl. The van der Waals surface area contributed by atoms with Crippen LogP contribution in [0.4, 0.5) is 13.2 Å². The number of halogens is 4. The van der Waals surface area contributed by atoms with Crippen LogP contribution >= 0.6 is 12.4 Å². The maximum absolute atomic E-state index is 13.6. The van der Waals surface area contributed by atoms with E-state index in [1.54, 1.807) is 6.92 Å². The Balaban J connectivity index is 0.00000200. The molecule has 112 valence electrons. The van der Waals surface area contributed by atoms with Crippen LogP contribution in [0.25, 0.3) is 0 Å². The first-order valence-electron chi connectivity index (χ1n) is 5.85. The molecule has 0 amide bonds. The first-order valence-corrected chi connectivity index (χ1v) is 5.85. The molecule has 0 spiro atoms. The van der Waals surface area contributed by atoms with Gasteiger partial charge < -0.3 is 5.32 Å². The fraction of sp³-hybridized carbons (Fsp3) is 0.455. The highest BCUT2D eigenvalue weighted by Crippen LogP contribution is 2.09. The highest BCUT2D eigenvalue weighted by Gasteiger charge is 2.10. The summed E-state index contributed by atoms with van der Waals surface area (Å²) in [6.45, 7) is 0.174. The smallest absolute Gasteiger partial charge is 0.307 e. The number of nitrogens with zero attached hydrogens (tertiary/aromatic N) is 4. The average molecular weight is 310 g/mol. The molecule has 0 saturated heterocycles. The van der Waals surface area contributed by atoms with Crippen LogP contribution in [0.15, 0.2) is 18.5 Å². The number of aromatic nitrogens is 4. The van der Waals surface area contributed by atoms with Crippen molar-refractivity contribution in [3.05, 3.63) is 35.7 Å². The molecule has 0 bridgehead atoms. The molecule has 20 heavy (non-hydrogen) atoms. The fourth-order valence-corrected chi connectivity index (χ4v) is 1.65. The number of aryl methyl sites for hydroxylation is 1. The highest BCUT2D eigenvalue weighted by molar-refractivity contribution is 5.85. The molecule has 0 radical (unpaired) electrons. The molecule has 0 aromatic carbocycles. The van der Waals surface area contributed by atoms with Crippen LogP contribution in [0.5, 0.6) is 0 Å². The van der Waals surface area contributed by atoms with Crippen molar-refractivity contribution in [2.75, 3.05) is 0 Å². The van der Waals surface area contributed by atoms with Crippen molar-refractivity contribution in [2.24, 2.45) is 0 Å². The maximum Gasteiger partial charge on any atom is 0.333 e. The van der Waals surface area contributed by atoms with Gasteiger partial charge in [0.2, 0.25) is 5.95 Å². The third-order valence-electron chi connectivity index (χ3n) is 2.63. The van der Waals surface area contributed by atoms with Crippen LogP contribution in [-0.2, 0) is 19.6 Å². The lowest BCUT2D eigenvalue weighted by Crippen LogP contribution is -2.14. The highest BCUT2D eigenvalue weighted by atomic mass is 35.5. The second kappa shape index (κ2) is 7.30. The lowest BCUT2D eigenvalue weighted by molar-refractivity contribution is 0.0561. The first kappa shape index (κ1) is 16.5. The molecule has 5 nitrogen and oxygen atoms in total. The first-order chi connectivity index (χ1) is 9.11. The Labute approximate surface area is 120 Å². The van der Waals surface area contributed by atoms with Crippen LogP contribution in [0, 0.1) is 5.95 Å². The molecule has 0 saturated carbocycles. The zero-order valence-electron chi connectivity index (χ0n) is 10.8. The van der Waals surface area contributed by atoms with E-state index in [-0.39, 0.29) is 31.4 Å². The zero-order chi connectivity index (χ0) is 13.8. The predicted molar refractivity (Wildman–Crippen MR) is 69.1 cm³/mol. The molecule has 1 N–H and O–H groups in total. The Morgan fingerprint density at radius 1 is 1.35 bits per heavy atom. The van der Waals surface area contributed by atoms with Gasteiger partial charge in [0.15, 0.2) is 0 Å². The standard InChI is InChI=1S/C11H14F3N5.ClH/c1-2-18-10(12)8(6-16-18)5-15-7-9-3-4-19(17-9)11(13)14;/h3-4,6,11,15H,2,5,7H2,1H3;1H. The lowest BCUT2D eigenvalue weighted by Gasteiger charge is -2.02. The fourth-order valence-electron chi connectivity index (χ4n) is 1.65. The van der Waals surface area contributed by atoms with E-state index in [9.17, 15) is 13.2 Å². The second-order valence-electron chi connectivity index (χ2n) is 3.94. The minimum atomic E-state index is -2.64. The summed E-state index contributed by atoms with van der Waals surface area (Å²) in [6, 6.07) is 1.49. The Morgan fingerprint density at radius 2 is 2.10 bits per heavy atom. The van der Waals surface area contributed by atoms with Crippen LogP contribution in [-0.4, -0.2) is 19.6 Å². The van der Waals surface area contributed by atoms with Crippen molar-refractivity contribution >= 4 is 12.4 Å². The monoisotopic (exact) mass is 309 g/mol. The summed E-state index contributed by atoms with van der Waals surface area (Å²) in [7, 11) is 0. The molecular formula is C11H15ClF3N5. The summed E-state index contributed by atoms with van der Waals surface area (Å²) < 4.78 is 40.0. The van der Waals surface area contributed by atoms with Gasteiger partial charge >= 0.3 is 6.55 Å². The number of rotatable bonds is 6. The van der Waals surface area contributed by atoms with Crippen LogP contribution in [0.2, 0.25) is 0 Å². The van der Waals surface area contributed by atoms with Crippen molar-refractivity contribution in [3.63, 3.8) is 0 Å². The molecule has 2 rings (SSSR count). The van der Waals surface area contributed by atoms with Crippen molar-refractivity contribution in [2.45, 2.75) is 33.1 Å². The van der Waals surface area contributed by atoms with Crippen molar-refractivity contribution < 1.29 is 13.2 Å². The van der Waals surface area contributed by atoms with Gasteiger partial charge in [0, 0.05) is 31.4 Å². The average Bonchev–Trinajstić information content (AvgIpc) is 2.98. The van der Waals surface area contributed by atoms with Gasteiger partial charge in [-0.15, -0.1) is 12.4 Å². The summed E-state index contributed by atoms with van der Waals surface area (Å²) in [4.78, 5) is 0. The Hall–Kier alpha value is -1.54. The summed E-state index contributed by atoms with van der Waals surface area (Å²) in [5, 5.41) is 10.5. The predicted octanol–water partition coefficient (Wildman–Crippen LogP) is 2.35. The Kier molecular flexibility index (Phi) is 6.03. The molecule has 2 aromatic rings. The van der Waals surface area contributed by atoms with E-state index in [2.05, 4.69) is 15.5 Å². The minimum absolute atomic E-state index is 0. The van der Waals surface area contributed by atoms with Crippen LogP contribution in [0.1, 0.15) is 24.7 Å². The summed E-state index contributed by atoms with van der Waals surface area (Å²) >= 11 is 0. The summed E-state index contributed by atoms with van der Waals surface area (Å²) in [5.74, 6) is -0.381. The van der Waals surface area contributed by atoms with Gasteiger partial charge in [-0.2, -0.15) is 23.4 Å². The molecule has 2 heterocycles. The van der Waals surface area contributed by atoms with E-state index in [4.69, 9.17) is 0 Å². The van der Waals surface area contributed by atoms with Gasteiger partial charge in [-0.1, -0.05) is 0 Å². The molecule has 0 aliphatic heterocycles. The van der Waals surface area contributed by atoms with Gasteiger partial charge in [0.25, 0.3) is 0 Å². The van der Waals surface area contributed by atoms with E-state index >= 15 is 0 Å². The Morgan fingerprint density at radius 3 is 2.65 bits per heavy atom. The molecular weight excluding hydrogens is 295 g/mol. The summed E-state index contributed by atoms with van der Waals surface area (Å²) in [6.07, 6.45) is 2.65. The van der Waals surface area contributed by atoms with E-state index in [1.807, 2.05) is 0 Å². The van der Waals surface area contributed by atoms with Crippen LogP contribution < -0.4 is 5.32 Å². The second-order valence-corrected chi connectivity index (χ2v) is 3.94. The Bertz CT molecular complexity index is 540. The minimum Gasteiger partial charge on any atom is -0.307 e.